The van der Waals surface area contributed by atoms with E-state index in [4.69, 9.17) is 4.74 Å². The highest BCUT2D eigenvalue weighted by molar-refractivity contribution is 5.95. The number of benzene rings is 2. The van der Waals surface area contributed by atoms with Gasteiger partial charge in [-0.3, -0.25) is 4.79 Å². The topological polar surface area (TPSA) is 29.5 Å². The van der Waals surface area contributed by atoms with Gasteiger partial charge in [-0.15, -0.1) is 0 Å². The van der Waals surface area contributed by atoms with E-state index in [0.717, 1.165) is 42.6 Å². The molecule has 0 aliphatic carbocycles. The Morgan fingerprint density at radius 1 is 1.04 bits per heavy atom. The monoisotopic (exact) mass is 337 g/mol. The van der Waals surface area contributed by atoms with Crippen LogP contribution in [-0.4, -0.2) is 30.5 Å². The lowest BCUT2D eigenvalue weighted by Gasteiger charge is -2.26. The van der Waals surface area contributed by atoms with Gasteiger partial charge >= 0.3 is 0 Å². The Kier molecular flexibility index (Phi) is 5.87. The Bertz CT molecular complexity index is 702. The van der Waals surface area contributed by atoms with Crippen molar-refractivity contribution in [2.75, 3.05) is 19.7 Å². The molecule has 0 spiro atoms. The molecular formula is C22H27NO2. The fraction of sp³-hybridized carbons (Fsp3) is 0.409. The highest BCUT2D eigenvalue weighted by atomic mass is 16.5. The third kappa shape index (κ3) is 4.29. The third-order valence-electron chi connectivity index (χ3n) is 4.88. The van der Waals surface area contributed by atoms with Crippen molar-refractivity contribution in [3.05, 3.63) is 59.7 Å². The zero-order valence-corrected chi connectivity index (χ0v) is 15.2. The van der Waals surface area contributed by atoms with E-state index >= 15 is 0 Å². The van der Waals surface area contributed by atoms with Gasteiger partial charge in [0, 0.05) is 25.3 Å². The van der Waals surface area contributed by atoms with E-state index in [9.17, 15) is 4.79 Å². The predicted octanol–water partition coefficient (Wildman–Crippen LogP) is 5.08. The number of carbonyl (C=O) groups is 1. The molecule has 2 aromatic carbocycles. The molecule has 3 nitrogen and oxygen atoms in total. The van der Waals surface area contributed by atoms with Gasteiger partial charge in [-0.2, -0.15) is 0 Å². The SMILES string of the molecule is CCOC(C)c1ccc(-c2cccc(C(=O)N3CCCCC3)c2)cc1. The molecule has 132 valence electrons. The first-order chi connectivity index (χ1) is 12.2. The minimum atomic E-state index is 0.103. The molecule has 0 N–H and O–H groups in total. The molecule has 1 heterocycles. The average molecular weight is 337 g/mol. The van der Waals surface area contributed by atoms with Crippen LogP contribution >= 0.6 is 0 Å². The zero-order chi connectivity index (χ0) is 17.6. The lowest BCUT2D eigenvalue weighted by Crippen LogP contribution is -2.35. The molecule has 1 amide bonds. The van der Waals surface area contributed by atoms with Gasteiger partial charge in [-0.25, -0.2) is 0 Å². The Labute approximate surface area is 150 Å². The van der Waals surface area contributed by atoms with Crippen molar-refractivity contribution in [2.45, 2.75) is 39.2 Å². The van der Waals surface area contributed by atoms with Gasteiger partial charge in [0.2, 0.25) is 0 Å². The second-order valence-corrected chi connectivity index (χ2v) is 6.65. The van der Waals surface area contributed by atoms with E-state index in [0.29, 0.717) is 6.61 Å². The summed E-state index contributed by atoms with van der Waals surface area (Å²) < 4.78 is 5.64. The molecule has 25 heavy (non-hydrogen) atoms. The predicted molar refractivity (Wildman–Crippen MR) is 102 cm³/mol. The number of hydrogen-bond donors (Lipinski definition) is 0. The second kappa shape index (κ2) is 8.30. The van der Waals surface area contributed by atoms with Gasteiger partial charge in [0.25, 0.3) is 5.91 Å². The number of hydrogen-bond acceptors (Lipinski definition) is 2. The van der Waals surface area contributed by atoms with E-state index < -0.39 is 0 Å². The minimum absolute atomic E-state index is 0.103. The Morgan fingerprint density at radius 2 is 1.76 bits per heavy atom. The van der Waals surface area contributed by atoms with Gasteiger partial charge in [-0.05, 0) is 61.9 Å². The first-order valence-electron chi connectivity index (χ1n) is 9.30. The van der Waals surface area contributed by atoms with Gasteiger partial charge < -0.3 is 9.64 Å². The van der Waals surface area contributed by atoms with Crippen LogP contribution < -0.4 is 0 Å². The van der Waals surface area contributed by atoms with Gasteiger partial charge in [0.15, 0.2) is 0 Å². The number of carbonyl (C=O) groups excluding carboxylic acids is 1. The zero-order valence-electron chi connectivity index (χ0n) is 15.2. The van der Waals surface area contributed by atoms with Crippen LogP contribution in [0.2, 0.25) is 0 Å². The highest BCUT2D eigenvalue weighted by Crippen LogP contribution is 2.25. The van der Waals surface area contributed by atoms with Crippen LogP contribution in [0.15, 0.2) is 48.5 Å². The molecule has 3 rings (SSSR count). The Hall–Kier alpha value is -2.13. The molecule has 1 saturated heterocycles. The van der Waals surface area contributed by atoms with Crippen molar-refractivity contribution in [3.63, 3.8) is 0 Å². The highest BCUT2D eigenvalue weighted by Gasteiger charge is 2.18. The molecule has 1 aliphatic heterocycles. The van der Waals surface area contributed by atoms with Gasteiger partial charge in [0.1, 0.15) is 0 Å². The molecule has 0 bridgehead atoms. The molecule has 1 fully saturated rings. The van der Waals surface area contributed by atoms with Crippen molar-refractivity contribution in [1.29, 1.82) is 0 Å². The first-order valence-corrected chi connectivity index (χ1v) is 9.30. The smallest absolute Gasteiger partial charge is 0.253 e. The molecule has 1 atom stereocenters. The minimum Gasteiger partial charge on any atom is -0.374 e. The van der Waals surface area contributed by atoms with Crippen LogP contribution in [0.1, 0.15) is 55.1 Å². The number of amides is 1. The maximum absolute atomic E-state index is 12.7. The number of likely N-dealkylation sites (tertiary alicyclic amines) is 1. The summed E-state index contributed by atoms with van der Waals surface area (Å²) in [6, 6.07) is 16.4. The van der Waals surface area contributed by atoms with Crippen LogP contribution in [0, 0.1) is 0 Å². The average Bonchev–Trinajstić information content (AvgIpc) is 2.68. The standard InChI is InChI=1S/C22H27NO2/c1-3-25-17(2)18-10-12-19(13-11-18)20-8-7-9-21(16-20)22(24)23-14-5-4-6-15-23/h7-13,16-17H,3-6,14-15H2,1-2H3. The summed E-state index contributed by atoms with van der Waals surface area (Å²) in [6.07, 6.45) is 3.57. The number of ether oxygens (including phenoxy) is 1. The maximum Gasteiger partial charge on any atom is 0.253 e. The molecule has 0 saturated carbocycles. The lowest BCUT2D eigenvalue weighted by molar-refractivity contribution is 0.0724. The van der Waals surface area contributed by atoms with Crippen molar-refractivity contribution in [2.24, 2.45) is 0 Å². The van der Waals surface area contributed by atoms with E-state index in [1.165, 1.54) is 12.0 Å². The number of nitrogens with zero attached hydrogens (tertiary/aromatic N) is 1. The summed E-state index contributed by atoms with van der Waals surface area (Å²) in [4.78, 5) is 14.7. The molecule has 3 heteroatoms. The fourth-order valence-electron chi connectivity index (χ4n) is 3.40. The van der Waals surface area contributed by atoms with Crippen LogP contribution in [0.3, 0.4) is 0 Å². The second-order valence-electron chi connectivity index (χ2n) is 6.65. The summed E-state index contributed by atoms with van der Waals surface area (Å²) >= 11 is 0. The molecule has 1 aliphatic rings. The molecule has 0 aromatic heterocycles. The third-order valence-corrected chi connectivity index (χ3v) is 4.88. The number of rotatable bonds is 5. The lowest BCUT2D eigenvalue weighted by atomic mass is 10.00. The van der Waals surface area contributed by atoms with E-state index in [-0.39, 0.29) is 12.0 Å². The molecule has 0 radical (unpaired) electrons. The van der Waals surface area contributed by atoms with Crippen molar-refractivity contribution in [3.8, 4) is 11.1 Å². The largest absolute Gasteiger partial charge is 0.374 e. The number of piperidine rings is 1. The van der Waals surface area contributed by atoms with E-state index in [2.05, 4.69) is 37.3 Å². The quantitative estimate of drug-likeness (QED) is 0.761. The van der Waals surface area contributed by atoms with Crippen LogP contribution in [-0.2, 0) is 4.74 Å². The van der Waals surface area contributed by atoms with Crippen molar-refractivity contribution in [1.82, 2.24) is 4.90 Å². The summed E-state index contributed by atoms with van der Waals surface area (Å²) in [5.74, 6) is 0.156. The summed E-state index contributed by atoms with van der Waals surface area (Å²) in [5, 5.41) is 0. The van der Waals surface area contributed by atoms with Crippen LogP contribution in [0.4, 0.5) is 0 Å². The van der Waals surface area contributed by atoms with Crippen molar-refractivity contribution >= 4 is 5.91 Å². The van der Waals surface area contributed by atoms with Gasteiger partial charge in [0.05, 0.1) is 6.10 Å². The molecule has 2 aromatic rings. The maximum atomic E-state index is 12.7. The Balaban J connectivity index is 1.78. The Morgan fingerprint density at radius 3 is 2.44 bits per heavy atom. The summed E-state index contributed by atoms with van der Waals surface area (Å²) in [5.41, 5.74) is 4.16. The van der Waals surface area contributed by atoms with E-state index in [1.807, 2.05) is 30.0 Å². The fourth-order valence-corrected chi connectivity index (χ4v) is 3.40. The van der Waals surface area contributed by atoms with Crippen LogP contribution in [0.25, 0.3) is 11.1 Å². The van der Waals surface area contributed by atoms with Crippen molar-refractivity contribution < 1.29 is 9.53 Å². The van der Waals surface area contributed by atoms with E-state index in [1.54, 1.807) is 0 Å². The van der Waals surface area contributed by atoms with Crippen LogP contribution in [0.5, 0.6) is 0 Å². The molecular weight excluding hydrogens is 310 g/mol. The summed E-state index contributed by atoms with van der Waals surface area (Å²) in [6.45, 7) is 6.55. The molecule has 1 unspecified atom stereocenters. The first kappa shape index (κ1) is 17.7. The normalized spacial score (nSPS) is 15.8. The summed E-state index contributed by atoms with van der Waals surface area (Å²) in [7, 11) is 0. The van der Waals surface area contributed by atoms with Gasteiger partial charge in [-0.1, -0.05) is 36.4 Å².